The Labute approximate surface area is 156 Å². The standard InChI is InChI=1S/C18H12F3N3S2/c1-11-7-15(18(19,20)21)14(8-22)17(23-11)26-10-13-9-25-16(24-13)12-5-3-2-4-6-12/h2-7,9H,10H2,1H3. The highest BCUT2D eigenvalue weighted by Gasteiger charge is 2.35. The second-order valence-electron chi connectivity index (χ2n) is 5.40. The first kappa shape index (κ1) is 18.4. The zero-order chi connectivity index (χ0) is 18.7. The maximum Gasteiger partial charge on any atom is 0.417 e. The monoisotopic (exact) mass is 391 g/mol. The lowest BCUT2D eigenvalue weighted by Gasteiger charge is -2.12. The van der Waals surface area contributed by atoms with Crippen molar-refractivity contribution in [2.75, 3.05) is 0 Å². The summed E-state index contributed by atoms with van der Waals surface area (Å²) >= 11 is 2.56. The average molecular weight is 391 g/mol. The van der Waals surface area contributed by atoms with Crippen molar-refractivity contribution in [2.45, 2.75) is 23.9 Å². The van der Waals surface area contributed by atoms with Gasteiger partial charge in [0, 0.05) is 22.4 Å². The third kappa shape index (κ3) is 4.06. The summed E-state index contributed by atoms with van der Waals surface area (Å²) in [5.41, 5.74) is 0.561. The van der Waals surface area contributed by atoms with E-state index in [4.69, 9.17) is 0 Å². The fraction of sp³-hybridized carbons (Fsp3) is 0.167. The molecule has 3 rings (SSSR count). The summed E-state index contributed by atoms with van der Waals surface area (Å²) in [6.45, 7) is 1.48. The molecule has 2 aromatic heterocycles. The number of alkyl halides is 3. The number of aryl methyl sites for hydroxylation is 1. The summed E-state index contributed by atoms with van der Waals surface area (Å²) in [5, 5.41) is 12.0. The SMILES string of the molecule is Cc1cc(C(F)(F)F)c(C#N)c(SCc2csc(-c3ccccc3)n2)n1. The second-order valence-corrected chi connectivity index (χ2v) is 7.22. The molecule has 26 heavy (non-hydrogen) atoms. The van der Waals surface area contributed by atoms with E-state index in [1.165, 1.54) is 18.3 Å². The van der Waals surface area contributed by atoms with Crippen LogP contribution in [0.3, 0.4) is 0 Å². The Balaban J connectivity index is 1.84. The van der Waals surface area contributed by atoms with Crippen LogP contribution >= 0.6 is 23.1 Å². The van der Waals surface area contributed by atoms with Crippen molar-refractivity contribution in [1.82, 2.24) is 9.97 Å². The van der Waals surface area contributed by atoms with Crippen LogP contribution < -0.4 is 0 Å². The summed E-state index contributed by atoms with van der Waals surface area (Å²) < 4.78 is 39.5. The fourth-order valence-electron chi connectivity index (χ4n) is 2.31. The Morgan fingerprint density at radius 2 is 1.92 bits per heavy atom. The lowest BCUT2D eigenvalue weighted by molar-refractivity contribution is -0.138. The number of benzene rings is 1. The molecule has 0 saturated carbocycles. The van der Waals surface area contributed by atoms with Crippen LogP contribution in [0.15, 0.2) is 46.8 Å². The maximum absolute atomic E-state index is 13.2. The molecule has 132 valence electrons. The molecule has 8 heteroatoms. The normalized spacial score (nSPS) is 11.3. The molecule has 0 radical (unpaired) electrons. The van der Waals surface area contributed by atoms with Gasteiger partial charge in [-0.3, -0.25) is 0 Å². The quantitative estimate of drug-likeness (QED) is 0.536. The van der Waals surface area contributed by atoms with Gasteiger partial charge >= 0.3 is 6.18 Å². The molecule has 0 atom stereocenters. The summed E-state index contributed by atoms with van der Waals surface area (Å²) in [6.07, 6.45) is -4.59. The Morgan fingerprint density at radius 3 is 2.58 bits per heavy atom. The van der Waals surface area contributed by atoms with Crippen LogP contribution in [0.5, 0.6) is 0 Å². The molecular weight excluding hydrogens is 379 g/mol. The minimum absolute atomic E-state index is 0.0779. The van der Waals surface area contributed by atoms with Crippen molar-refractivity contribution in [2.24, 2.45) is 0 Å². The first-order chi connectivity index (χ1) is 12.4. The van der Waals surface area contributed by atoms with E-state index in [1.807, 2.05) is 35.7 Å². The van der Waals surface area contributed by atoms with Gasteiger partial charge in [0.05, 0.1) is 16.8 Å². The van der Waals surface area contributed by atoms with Gasteiger partial charge in [-0.05, 0) is 13.0 Å². The van der Waals surface area contributed by atoms with Gasteiger partial charge in [-0.1, -0.05) is 42.1 Å². The molecule has 1 aromatic carbocycles. The van der Waals surface area contributed by atoms with Crippen LogP contribution in [0.1, 0.15) is 22.5 Å². The zero-order valence-electron chi connectivity index (χ0n) is 13.5. The number of thioether (sulfide) groups is 1. The maximum atomic E-state index is 13.2. The molecule has 2 heterocycles. The number of hydrogen-bond donors (Lipinski definition) is 0. The van der Waals surface area contributed by atoms with Crippen LogP contribution in [-0.4, -0.2) is 9.97 Å². The van der Waals surface area contributed by atoms with Crippen molar-refractivity contribution in [1.29, 1.82) is 5.26 Å². The lowest BCUT2D eigenvalue weighted by atomic mass is 10.1. The molecule has 0 bridgehead atoms. The number of nitriles is 1. The van der Waals surface area contributed by atoms with E-state index < -0.39 is 17.3 Å². The number of thiazole rings is 1. The van der Waals surface area contributed by atoms with Crippen molar-refractivity contribution >= 4 is 23.1 Å². The summed E-state index contributed by atoms with van der Waals surface area (Å²) in [5.74, 6) is 0.339. The van der Waals surface area contributed by atoms with Crippen LogP contribution in [0, 0.1) is 18.3 Å². The largest absolute Gasteiger partial charge is 0.417 e. The first-order valence-electron chi connectivity index (χ1n) is 7.50. The number of aromatic nitrogens is 2. The Kier molecular flexibility index (Phi) is 5.30. The van der Waals surface area contributed by atoms with Crippen LogP contribution in [0.2, 0.25) is 0 Å². The highest BCUT2D eigenvalue weighted by atomic mass is 32.2. The number of pyridine rings is 1. The van der Waals surface area contributed by atoms with Gasteiger partial charge in [0.1, 0.15) is 16.1 Å². The van der Waals surface area contributed by atoms with Crippen LogP contribution in [-0.2, 0) is 11.9 Å². The molecule has 0 aliphatic heterocycles. The molecule has 0 fully saturated rings. The Bertz CT molecular complexity index is 960. The number of nitrogens with zero attached hydrogens (tertiary/aromatic N) is 3. The van der Waals surface area contributed by atoms with Crippen LogP contribution in [0.25, 0.3) is 10.6 Å². The van der Waals surface area contributed by atoms with E-state index in [0.717, 1.165) is 34.1 Å². The van der Waals surface area contributed by atoms with E-state index >= 15 is 0 Å². The highest BCUT2D eigenvalue weighted by molar-refractivity contribution is 7.98. The van der Waals surface area contributed by atoms with E-state index in [-0.39, 0.29) is 10.7 Å². The van der Waals surface area contributed by atoms with Gasteiger partial charge in [-0.15, -0.1) is 11.3 Å². The van der Waals surface area contributed by atoms with Crippen molar-refractivity contribution in [3.8, 4) is 16.6 Å². The zero-order valence-corrected chi connectivity index (χ0v) is 15.2. The van der Waals surface area contributed by atoms with Crippen molar-refractivity contribution in [3.63, 3.8) is 0 Å². The van der Waals surface area contributed by atoms with E-state index in [1.54, 1.807) is 6.07 Å². The third-order valence-electron chi connectivity index (χ3n) is 3.46. The summed E-state index contributed by atoms with van der Waals surface area (Å²) in [4.78, 5) is 8.62. The predicted molar refractivity (Wildman–Crippen MR) is 95.8 cm³/mol. The number of rotatable bonds is 4. The first-order valence-corrected chi connectivity index (χ1v) is 9.36. The minimum atomic E-state index is -4.59. The molecule has 0 N–H and O–H groups in total. The fourth-order valence-corrected chi connectivity index (χ4v) is 4.18. The topological polar surface area (TPSA) is 49.6 Å². The third-order valence-corrected chi connectivity index (χ3v) is 5.41. The molecule has 0 unspecified atom stereocenters. The Hall–Kier alpha value is -2.37. The van der Waals surface area contributed by atoms with Crippen molar-refractivity contribution in [3.05, 3.63) is 64.3 Å². The highest BCUT2D eigenvalue weighted by Crippen LogP contribution is 2.37. The van der Waals surface area contributed by atoms with Gasteiger partial charge in [-0.25, -0.2) is 9.97 Å². The van der Waals surface area contributed by atoms with E-state index in [2.05, 4.69) is 9.97 Å². The molecule has 0 aliphatic carbocycles. The smallest absolute Gasteiger partial charge is 0.245 e. The molecular formula is C18H12F3N3S2. The molecule has 0 amide bonds. The van der Waals surface area contributed by atoms with Gasteiger partial charge in [0.15, 0.2) is 0 Å². The van der Waals surface area contributed by atoms with E-state index in [9.17, 15) is 18.4 Å². The summed E-state index contributed by atoms with van der Waals surface area (Å²) in [7, 11) is 0. The number of hydrogen-bond acceptors (Lipinski definition) is 5. The van der Waals surface area contributed by atoms with Gasteiger partial charge < -0.3 is 0 Å². The predicted octanol–water partition coefficient (Wildman–Crippen LogP) is 5.70. The van der Waals surface area contributed by atoms with Gasteiger partial charge in [-0.2, -0.15) is 18.4 Å². The average Bonchev–Trinajstić information content (AvgIpc) is 3.08. The molecule has 3 aromatic rings. The number of halogens is 3. The molecule has 0 saturated heterocycles. The van der Waals surface area contributed by atoms with Gasteiger partial charge in [0.2, 0.25) is 0 Å². The van der Waals surface area contributed by atoms with E-state index in [0.29, 0.717) is 5.75 Å². The molecule has 3 nitrogen and oxygen atoms in total. The second kappa shape index (κ2) is 7.48. The van der Waals surface area contributed by atoms with Crippen molar-refractivity contribution < 1.29 is 13.2 Å². The Morgan fingerprint density at radius 1 is 1.19 bits per heavy atom. The van der Waals surface area contributed by atoms with Crippen LogP contribution in [0.4, 0.5) is 13.2 Å². The molecule has 0 aliphatic rings. The summed E-state index contributed by atoms with van der Waals surface area (Å²) in [6, 6.07) is 12.2. The van der Waals surface area contributed by atoms with Gasteiger partial charge in [0.25, 0.3) is 0 Å². The molecule has 0 spiro atoms. The lowest BCUT2D eigenvalue weighted by Crippen LogP contribution is -2.10. The minimum Gasteiger partial charge on any atom is -0.245 e.